The van der Waals surface area contributed by atoms with Gasteiger partial charge in [0.25, 0.3) is 0 Å². The van der Waals surface area contributed by atoms with Gasteiger partial charge in [-0.15, -0.1) is 5.10 Å². The maximum absolute atomic E-state index is 13.2. The van der Waals surface area contributed by atoms with Crippen LogP contribution in [-0.4, -0.2) is 56.1 Å². The highest BCUT2D eigenvalue weighted by Crippen LogP contribution is 2.44. The van der Waals surface area contributed by atoms with Crippen LogP contribution >= 0.6 is 0 Å². The summed E-state index contributed by atoms with van der Waals surface area (Å²) in [6.07, 6.45) is 2.04. The van der Waals surface area contributed by atoms with E-state index in [0.717, 1.165) is 24.1 Å². The minimum absolute atomic E-state index is 0.0963. The molecule has 2 aromatic carbocycles. The fourth-order valence-electron chi connectivity index (χ4n) is 4.82. The van der Waals surface area contributed by atoms with Gasteiger partial charge in [-0.2, -0.15) is 4.98 Å². The summed E-state index contributed by atoms with van der Waals surface area (Å²) in [4.78, 5) is 17.9. The molecule has 0 fully saturated rings. The Bertz CT molecular complexity index is 1340. The molecule has 1 aromatic heterocycles. The first-order valence-corrected chi connectivity index (χ1v) is 11.5. The van der Waals surface area contributed by atoms with Gasteiger partial charge in [-0.1, -0.05) is 6.07 Å². The molecule has 0 saturated carbocycles. The van der Waals surface area contributed by atoms with Crippen LogP contribution in [0.3, 0.4) is 0 Å². The number of anilines is 1. The predicted molar refractivity (Wildman–Crippen MR) is 132 cm³/mol. The van der Waals surface area contributed by atoms with Gasteiger partial charge < -0.3 is 29.0 Å². The molecule has 1 N–H and O–H groups in total. The number of aromatic nitrogens is 3. The number of carbonyl (C=O) groups is 1. The van der Waals surface area contributed by atoms with E-state index in [1.54, 1.807) is 52.4 Å². The highest BCUT2D eigenvalue weighted by molar-refractivity contribution is 5.99. The molecule has 36 heavy (non-hydrogen) atoms. The third kappa shape index (κ3) is 3.78. The summed E-state index contributed by atoms with van der Waals surface area (Å²) >= 11 is 0. The molecule has 0 unspecified atom stereocenters. The van der Waals surface area contributed by atoms with E-state index < -0.39 is 6.04 Å². The molecule has 0 spiro atoms. The maximum Gasteiger partial charge on any atom is 0.226 e. The number of carbonyl (C=O) groups excluding carboxylic acids is 1. The topological polar surface area (TPSA) is 106 Å². The zero-order valence-electron chi connectivity index (χ0n) is 20.9. The molecule has 10 nitrogen and oxygen atoms in total. The van der Waals surface area contributed by atoms with Gasteiger partial charge in [-0.3, -0.25) is 4.79 Å². The Morgan fingerprint density at radius 1 is 0.861 bits per heavy atom. The first-order chi connectivity index (χ1) is 17.5. The molecule has 1 aliphatic heterocycles. The number of hydrogen-bond donors (Lipinski definition) is 1. The summed E-state index contributed by atoms with van der Waals surface area (Å²) in [6.45, 7) is 0. The lowest BCUT2D eigenvalue weighted by Gasteiger charge is -2.32. The maximum atomic E-state index is 13.2. The molecule has 10 heteroatoms. The summed E-state index contributed by atoms with van der Waals surface area (Å²) in [7, 11) is 7.85. The van der Waals surface area contributed by atoms with Gasteiger partial charge in [0, 0.05) is 23.3 Å². The lowest BCUT2D eigenvalue weighted by atomic mass is 9.85. The molecule has 0 amide bonds. The van der Waals surface area contributed by atoms with E-state index in [1.165, 1.54) is 0 Å². The van der Waals surface area contributed by atoms with E-state index in [4.69, 9.17) is 33.8 Å². The van der Waals surface area contributed by atoms with Crippen molar-refractivity contribution in [3.63, 3.8) is 0 Å². The average Bonchev–Trinajstić information content (AvgIpc) is 3.34. The number of allylic oxidation sites excluding steroid dienone is 2. The number of fused-ring (bicyclic) bond motifs is 1. The van der Waals surface area contributed by atoms with Crippen molar-refractivity contribution in [2.75, 3.05) is 40.9 Å². The van der Waals surface area contributed by atoms with Crippen molar-refractivity contribution < 1.29 is 28.5 Å². The summed E-state index contributed by atoms with van der Waals surface area (Å²) in [5, 5.41) is 8.20. The van der Waals surface area contributed by atoms with Gasteiger partial charge in [0.05, 0.1) is 35.5 Å². The largest absolute Gasteiger partial charge is 0.493 e. The van der Waals surface area contributed by atoms with Crippen molar-refractivity contribution in [1.29, 1.82) is 0 Å². The first-order valence-electron chi connectivity index (χ1n) is 11.5. The van der Waals surface area contributed by atoms with Crippen molar-refractivity contribution in [2.24, 2.45) is 0 Å². The van der Waals surface area contributed by atoms with E-state index in [1.807, 2.05) is 18.2 Å². The van der Waals surface area contributed by atoms with Gasteiger partial charge in [-0.25, -0.2) is 4.68 Å². The highest BCUT2D eigenvalue weighted by atomic mass is 16.5. The SMILES string of the molecule is COc1ccc([C@H]2C3=C(CCCC3=O)Nc3nc(-c4cc(OC)c(OC)c(OC)c4)nn32)cc1OC. The Balaban J connectivity index is 1.67. The van der Waals surface area contributed by atoms with E-state index >= 15 is 0 Å². The van der Waals surface area contributed by atoms with Gasteiger partial charge in [0.1, 0.15) is 6.04 Å². The molecule has 2 heterocycles. The fourth-order valence-corrected chi connectivity index (χ4v) is 4.82. The number of Topliss-reactive ketones (excluding diaryl/α,β-unsaturated/α-hetero) is 1. The minimum Gasteiger partial charge on any atom is -0.493 e. The van der Waals surface area contributed by atoms with Crippen LogP contribution in [0.2, 0.25) is 0 Å². The third-order valence-corrected chi connectivity index (χ3v) is 6.51. The monoisotopic (exact) mass is 492 g/mol. The highest BCUT2D eigenvalue weighted by Gasteiger charge is 2.37. The smallest absolute Gasteiger partial charge is 0.226 e. The number of rotatable bonds is 7. The van der Waals surface area contributed by atoms with Crippen LogP contribution in [0, 0.1) is 0 Å². The molecule has 5 rings (SSSR count). The standard InChI is InChI=1S/C26H28N4O6/c1-32-18-10-9-14(11-19(18)33-2)23-22-16(7-6-8-17(22)31)27-26-28-25(29-30(23)26)15-12-20(34-3)24(36-5)21(13-15)35-4/h9-13,23H,6-8H2,1-5H3,(H,27,28,29)/t23-/m0/s1. The van der Waals surface area contributed by atoms with Gasteiger partial charge >= 0.3 is 0 Å². The van der Waals surface area contributed by atoms with E-state index in [2.05, 4.69) is 5.32 Å². The van der Waals surface area contributed by atoms with Crippen LogP contribution in [0.25, 0.3) is 11.4 Å². The molecule has 1 atom stereocenters. The average molecular weight is 493 g/mol. The van der Waals surface area contributed by atoms with Crippen molar-refractivity contribution in [3.8, 4) is 40.1 Å². The zero-order chi connectivity index (χ0) is 25.4. The van der Waals surface area contributed by atoms with Gasteiger partial charge in [0.15, 0.2) is 34.6 Å². The summed E-state index contributed by atoms with van der Waals surface area (Å²) in [6, 6.07) is 8.77. The number of nitrogens with one attached hydrogen (secondary N) is 1. The second kappa shape index (κ2) is 9.44. The Hall–Kier alpha value is -4.21. The van der Waals surface area contributed by atoms with E-state index in [-0.39, 0.29) is 5.78 Å². The summed E-state index contributed by atoms with van der Waals surface area (Å²) in [5.41, 5.74) is 3.10. The Morgan fingerprint density at radius 2 is 1.56 bits per heavy atom. The molecule has 3 aromatic rings. The Morgan fingerprint density at radius 3 is 2.19 bits per heavy atom. The zero-order valence-corrected chi connectivity index (χ0v) is 20.9. The van der Waals surface area contributed by atoms with Crippen LogP contribution in [0.15, 0.2) is 41.6 Å². The summed E-state index contributed by atoms with van der Waals surface area (Å²) < 4.78 is 29.2. The lowest BCUT2D eigenvalue weighted by molar-refractivity contribution is -0.116. The van der Waals surface area contributed by atoms with Crippen LogP contribution in [0.1, 0.15) is 30.9 Å². The Kier molecular flexibility index (Phi) is 6.17. The lowest BCUT2D eigenvalue weighted by Crippen LogP contribution is -2.31. The first kappa shape index (κ1) is 23.5. The van der Waals surface area contributed by atoms with Crippen molar-refractivity contribution >= 4 is 11.7 Å². The summed E-state index contributed by atoms with van der Waals surface area (Å²) in [5.74, 6) is 3.76. The van der Waals surface area contributed by atoms with Crippen LogP contribution in [0.5, 0.6) is 28.7 Å². The molecule has 0 bridgehead atoms. The van der Waals surface area contributed by atoms with Crippen molar-refractivity contribution in [2.45, 2.75) is 25.3 Å². The minimum atomic E-state index is -0.466. The van der Waals surface area contributed by atoms with Crippen molar-refractivity contribution in [3.05, 3.63) is 47.2 Å². The second-order valence-electron chi connectivity index (χ2n) is 8.43. The van der Waals surface area contributed by atoms with Crippen molar-refractivity contribution in [1.82, 2.24) is 14.8 Å². The number of methoxy groups -OCH3 is 5. The Labute approximate surface area is 208 Å². The normalized spacial score (nSPS) is 16.6. The number of nitrogens with zero attached hydrogens (tertiary/aromatic N) is 3. The fraction of sp³-hybridized carbons (Fsp3) is 0.346. The second-order valence-corrected chi connectivity index (χ2v) is 8.43. The molecule has 2 aliphatic rings. The van der Waals surface area contributed by atoms with E-state index in [0.29, 0.717) is 58.1 Å². The molecular formula is C26H28N4O6. The molecule has 0 saturated heterocycles. The number of ether oxygens (including phenoxy) is 5. The number of benzene rings is 2. The third-order valence-electron chi connectivity index (χ3n) is 6.51. The molecule has 188 valence electrons. The quantitative estimate of drug-likeness (QED) is 0.524. The molecular weight excluding hydrogens is 464 g/mol. The van der Waals surface area contributed by atoms with Gasteiger partial charge in [-0.05, 0) is 42.7 Å². The predicted octanol–water partition coefficient (Wildman–Crippen LogP) is 4.01. The van der Waals surface area contributed by atoms with Crippen LogP contribution in [0.4, 0.5) is 5.95 Å². The van der Waals surface area contributed by atoms with Crippen LogP contribution < -0.4 is 29.0 Å². The molecule has 0 radical (unpaired) electrons. The van der Waals surface area contributed by atoms with Gasteiger partial charge in [0.2, 0.25) is 11.7 Å². The molecule has 1 aliphatic carbocycles. The van der Waals surface area contributed by atoms with Crippen LogP contribution in [-0.2, 0) is 4.79 Å². The van der Waals surface area contributed by atoms with E-state index in [9.17, 15) is 4.79 Å². The number of ketones is 1. The number of hydrogen-bond acceptors (Lipinski definition) is 9.